The maximum absolute atomic E-state index is 11.3. The molecule has 0 heterocycles. The van der Waals surface area contributed by atoms with Crippen molar-refractivity contribution in [1.82, 2.24) is 0 Å². The SMILES string of the molecule is CCCCCCCC=CC=CC=CC=CC(=O)CC=CC(=O)O. The molecule has 0 aromatic rings. The van der Waals surface area contributed by atoms with Crippen molar-refractivity contribution in [1.29, 1.82) is 0 Å². The van der Waals surface area contributed by atoms with Crippen molar-refractivity contribution in [3.63, 3.8) is 0 Å². The zero-order chi connectivity index (χ0) is 17.2. The lowest BCUT2D eigenvalue weighted by Crippen LogP contribution is -1.91. The Kier molecular flexibility index (Phi) is 14.7. The maximum Gasteiger partial charge on any atom is 0.327 e. The Morgan fingerprint density at radius 3 is 2.13 bits per heavy atom. The molecule has 0 aliphatic carbocycles. The summed E-state index contributed by atoms with van der Waals surface area (Å²) < 4.78 is 0. The summed E-state index contributed by atoms with van der Waals surface area (Å²) in [5.41, 5.74) is 0. The van der Waals surface area contributed by atoms with Gasteiger partial charge in [-0.2, -0.15) is 0 Å². The number of hydrogen-bond acceptors (Lipinski definition) is 2. The number of carbonyl (C=O) groups excluding carboxylic acids is 1. The molecule has 0 aromatic carbocycles. The van der Waals surface area contributed by atoms with Gasteiger partial charge in [-0.05, 0) is 18.9 Å². The van der Waals surface area contributed by atoms with Crippen LogP contribution in [0.1, 0.15) is 51.9 Å². The van der Waals surface area contributed by atoms with Gasteiger partial charge in [0.25, 0.3) is 0 Å². The lowest BCUT2D eigenvalue weighted by Gasteiger charge is -1.95. The molecule has 0 aliphatic heterocycles. The molecule has 23 heavy (non-hydrogen) atoms. The van der Waals surface area contributed by atoms with Gasteiger partial charge >= 0.3 is 5.97 Å². The standard InChI is InChI=1S/C20H28O3/c1-2-3-4-5-6-7-8-9-10-11-12-13-14-16-19(21)17-15-18-20(22)23/h8-16,18H,2-7,17H2,1H3,(H,22,23). The fourth-order valence-corrected chi connectivity index (χ4v) is 1.80. The van der Waals surface area contributed by atoms with Crippen LogP contribution < -0.4 is 0 Å². The van der Waals surface area contributed by atoms with Crippen molar-refractivity contribution < 1.29 is 14.7 Å². The molecular weight excluding hydrogens is 288 g/mol. The first-order valence-electron chi connectivity index (χ1n) is 8.25. The molecule has 126 valence electrons. The Bertz CT molecular complexity index is 465. The van der Waals surface area contributed by atoms with Gasteiger partial charge in [0, 0.05) is 12.5 Å². The van der Waals surface area contributed by atoms with E-state index in [2.05, 4.69) is 13.0 Å². The number of allylic oxidation sites excluding steroid dienone is 9. The van der Waals surface area contributed by atoms with E-state index < -0.39 is 5.97 Å². The summed E-state index contributed by atoms with van der Waals surface area (Å²) in [4.78, 5) is 21.6. The molecule has 0 saturated carbocycles. The van der Waals surface area contributed by atoms with E-state index in [1.54, 1.807) is 12.2 Å². The number of unbranched alkanes of at least 4 members (excludes halogenated alkanes) is 5. The molecule has 0 fully saturated rings. The summed E-state index contributed by atoms with van der Waals surface area (Å²) in [5.74, 6) is -1.17. The second-order valence-corrected chi connectivity index (χ2v) is 5.17. The number of carbonyl (C=O) groups is 2. The summed E-state index contributed by atoms with van der Waals surface area (Å²) in [6.07, 6.45) is 24.8. The third kappa shape index (κ3) is 17.8. The molecule has 0 radical (unpaired) electrons. The second kappa shape index (κ2) is 16.2. The van der Waals surface area contributed by atoms with Crippen LogP contribution in [0.5, 0.6) is 0 Å². The molecule has 0 aliphatic rings. The lowest BCUT2D eigenvalue weighted by atomic mass is 10.1. The van der Waals surface area contributed by atoms with Gasteiger partial charge < -0.3 is 5.11 Å². The van der Waals surface area contributed by atoms with Crippen LogP contribution in [-0.2, 0) is 9.59 Å². The number of carboxylic acids is 1. The van der Waals surface area contributed by atoms with E-state index in [9.17, 15) is 9.59 Å². The van der Waals surface area contributed by atoms with E-state index >= 15 is 0 Å². The largest absolute Gasteiger partial charge is 0.478 e. The van der Waals surface area contributed by atoms with Crippen LogP contribution >= 0.6 is 0 Å². The first-order valence-corrected chi connectivity index (χ1v) is 8.25. The molecule has 0 saturated heterocycles. The molecule has 0 amide bonds. The Morgan fingerprint density at radius 2 is 1.43 bits per heavy atom. The van der Waals surface area contributed by atoms with Crippen LogP contribution in [0.15, 0.2) is 60.8 Å². The number of hydrogen-bond donors (Lipinski definition) is 1. The highest BCUT2D eigenvalue weighted by molar-refractivity contribution is 5.91. The molecule has 0 bridgehead atoms. The van der Waals surface area contributed by atoms with Crippen LogP contribution in [0.4, 0.5) is 0 Å². The zero-order valence-electron chi connectivity index (χ0n) is 14.0. The van der Waals surface area contributed by atoms with Crippen molar-refractivity contribution in [2.75, 3.05) is 0 Å². The van der Waals surface area contributed by atoms with Gasteiger partial charge in [0.1, 0.15) is 0 Å². The van der Waals surface area contributed by atoms with Gasteiger partial charge in [-0.3, -0.25) is 4.79 Å². The third-order valence-corrected chi connectivity index (χ3v) is 3.03. The molecule has 0 atom stereocenters. The van der Waals surface area contributed by atoms with Gasteiger partial charge in [-0.1, -0.05) is 81.2 Å². The topological polar surface area (TPSA) is 54.4 Å². The zero-order valence-corrected chi connectivity index (χ0v) is 14.0. The summed E-state index contributed by atoms with van der Waals surface area (Å²) >= 11 is 0. The van der Waals surface area contributed by atoms with Crippen molar-refractivity contribution in [2.24, 2.45) is 0 Å². The fourth-order valence-electron chi connectivity index (χ4n) is 1.80. The highest BCUT2D eigenvalue weighted by Crippen LogP contribution is 2.05. The van der Waals surface area contributed by atoms with Gasteiger partial charge in [0.05, 0.1) is 0 Å². The van der Waals surface area contributed by atoms with Gasteiger partial charge in [-0.15, -0.1) is 0 Å². The highest BCUT2D eigenvalue weighted by atomic mass is 16.4. The fraction of sp³-hybridized carbons (Fsp3) is 0.400. The van der Waals surface area contributed by atoms with Crippen molar-refractivity contribution in [3.8, 4) is 0 Å². The molecule has 0 unspecified atom stereocenters. The van der Waals surface area contributed by atoms with Gasteiger partial charge in [0.2, 0.25) is 0 Å². The Morgan fingerprint density at radius 1 is 0.783 bits per heavy atom. The van der Waals surface area contributed by atoms with Crippen LogP contribution in [0.25, 0.3) is 0 Å². The average Bonchev–Trinajstić information content (AvgIpc) is 2.51. The van der Waals surface area contributed by atoms with Crippen LogP contribution in [0.2, 0.25) is 0 Å². The first kappa shape index (κ1) is 20.8. The van der Waals surface area contributed by atoms with Crippen molar-refractivity contribution in [3.05, 3.63) is 60.8 Å². The van der Waals surface area contributed by atoms with Crippen LogP contribution in [0.3, 0.4) is 0 Å². The maximum atomic E-state index is 11.3. The molecular formula is C20H28O3. The molecule has 0 rings (SSSR count). The van der Waals surface area contributed by atoms with Crippen molar-refractivity contribution in [2.45, 2.75) is 51.9 Å². The lowest BCUT2D eigenvalue weighted by molar-refractivity contribution is -0.131. The summed E-state index contributed by atoms with van der Waals surface area (Å²) in [7, 11) is 0. The smallest absolute Gasteiger partial charge is 0.327 e. The van der Waals surface area contributed by atoms with Crippen molar-refractivity contribution >= 4 is 11.8 Å². The monoisotopic (exact) mass is 316 g/mol. The number of aliphatic carboxylic acids is 1. The Labute approximate surface area is 139 Å². The second-order valence-electron chi connectivity index (χ2n) is 5.17. The molecule has 3 nitrogen and oxygen atoms in total. The predicted octanol–water partition coefficient (Wildman–Crippen LogP) is 5.17. The van der Waals surface area contributed by atoms with Gasteiger partial charge in [0.15, 0.2) is 5.78 Å². The Balaban J connectivity index is 3.73. The molecule has 1 N–H and O–H groups in total. The average molecular weight is 316 g/mol. The minimum absolute atomic E-state index is 0.105. The molecule has 0 spiro atoms. The number of carboxylic acid groups (broad SMARTS) is 1. The van der Waals surface area contributed by atoms with Crippen LogP contribution in [0, 0.1) is 0 Å². The van der Waals surface area contributed by atoms with E-state index in [1.165, 1.54) is 44.3 Å². The number of ketones is 1. The Hall–Kier alpha value is -2.16. The summed E-state index contributed by atoms with van der Waals surface area (Å²) in [6, 6.07) is 0. The van der Waals surface area contributed by atoms with E-state index in [1.807, 2.05) is 24.3 Å². The summed E-state index contributed by atoms with van der Waals surface area (Å²) in [5, 5.41) is 8.38. The molecule has 0 aromatic heterocycles. The first-order chi connectivity index (χ1) is 11.2. The number of rotatable bonds is 13. The normalized spacial score (nSPS) is 12.6. The predicted molar refractivity (Wildman–Crippen MR) is 96.3 cm³/mol. The quantitative estimate of drug-likeness (QED) is 0.290. The minimum atomic E-state index is -1.04. The van der Waals surface area contributed by atoms with Gasteiger partial charge in [-0.25, -0.2) is 4.79 Å². The van der Waals surface area contributed by atoms with E-state index in [-0.39, 0.29) is 12.2 Å². The van der Waals surface area contributed by atoms with Crippen LogP contribution in [-0.4, -0.2) is 16.9 Å². The van der Waals surface area contributed by atoms with E-state index in [0.29, 0.717) is 0 Å². The van der Waals surface area contributed by atoms with E-state index in [0.717, 1.165) is 12.5 Å². The third-order valence-electron chi connectivity index (χ3n) is 3.03. The minimum Gasteiger partial charge on any atom is -0.478 e. The highest BCUT2D eigenvalue weighted by Gasteiger charge is 1.91. The van der Waals surface area contributed by atoms with E-state index in [4.69, 9.17) is 5.11 Å². The summed E-state index contributed by atoms with van der Waals surface area (Å²) in [6.45, 7) is 2.22. The molecule has 3 heteroatoms.